The molecule has 1 fully saturated rings. The molecule has 0 saturated carbocycles. The van der Waals surface area contributed by atoms with E-state index in [9.17, 15) is 9.90 Å². The molecular weight excluding hydrogens is 458 g/mol. The number of carbonyl (C=O) groups is 1. The minimum Gasteiger partial charge on any atom is -0.478 e. The lowest BCUT2D eigenvalue weighted by atomic mass is 9.96. The molecule has 0 bridgehead atoms. The highest BCUT2D eigenvalue weighted by molar-refractivity contribution is 7.80. The van der Waals surface area contributed by atoms with Gasteiger partial charge in [-0.15, -0.1) is 0 Å². The molecule has 3 aromatic rings. The van der Waals surface area contributed by atoms with Gasteiger partial charge in [-0.05, 0) is 102 Å². The zero-order valence-corrected chi connectivity index (χ0v) is 21.8. The molecule has 2 atom stereocenters. The molecule has 1 saturated heterocycles. The molecule has 0 amide bonds. The Morgan fingerprint density at radius 3 is 2.60 bits per heavy atom. The summed E-state index contributed by atoms with van der Waals surface area (Å²) in [5, 5.41) is 13.8. The molecule has 2 unspecified atom stereocenters. The molecule has 0 spiro atoms. The van der Waals surface area contributed by atoms with E-state index >= 15 is 0 Å². The monoisotopic (exact) mass is 491 g/mol. The highest BCUT2D eigenvalue weighted by Crippen LogP contribution is 2.41. The van der Waals surface area contributed by atoms with E-state index in [1.165, 1.54) is 0 Å². The van der Waals surface area contributed by atoms with Crippen molar-refractivity contribution in [3.8, 4) is 5.69 Å². The van der Waals surface area contributed by atoms with Gasteiger partial charge in [-0.2, -0.15) is 0 Å². The molecule has 1 aliphatic rings. The highest BCUT2D eigenvalue weighted by atomic mass is 32.1. The number of hydrogen-bond donors (Lipinski definition) is 2. The first kappa shape index (κ1) is 24.9. The molecule has 2 aromatic heterocycles. The van der Waals surface area contributed by atoms with Crippen molar-refractivity contribution >= 4 is 23.3 Å². The van der Waals surface area contributed by atoms with Crippen LogP contribution in [0.5, 0.6) is 0 Å². The molecule has 7 nitrogen and oxygen atoms in total. The number of nitrogens with one attached hydrogen (secondary N) is 1. The molecule has 35 heavy (non-hydrogen) atoms. The number of thiocarbonyl (C=S) groups is 1. The van der Waals surface area contributed by atoms with Crippen LogP contribution < -0.4 is 5.32 Å². The third-order valence-electron chi connectivity index (χ3n) is 6.69. The van der Waals surface area contributed by atoms with Gasteiger partial charge in [0.25, 0.3) is 0 Å². The number of benzene rings is 1. The minimum atomic E-state index is -0.929. The zero-order chi connectivity index (χ0) is 25.3. The van der Waals surface area contributed by atoms with Gasteiger partial charge in [0.05, 0.1) is 23.3 Å². The Morgan fingerprint density at radius 1 is 1.17 bits per heavy atom. The van der Waals surface area contributed by atoms with E-state index in [1.807, 2.05) is 37.4 Å². The summed E-state index contributed by atoms with van der Waals surface area (Å²) in [4.78, 5) is 20.8. The molecule has 2 N–H and O–H groups in total. The number of hydrogen-bond acceptors (Lipinski definition) is 4. The van der Waals surface area contributed by atoms with Gasteiger partial charge < -0.3 is 24.8 Å². The molecule has 3 heterocycles. The summed E-state index contributed by atoms with van der Waals surface area (Å²) in [6.45, 7) is 7.98. The Morgan fingerprint density at radius 2 is 1.94 bits per heavy atom. The first-order valence-corrected chi connectivity index (χ1v) is 12.3. The second-order valence-corrected chi connectivity index (χ2v) is 9.83. The van der Waals surface area contributed by atoms with E-state index in [-0.39, 0.29) is 17.6 Å². The van der Waals surface area contributed by atoms with Crippen LogP contribution in [0.25, 0.3) is 5.69 Å². The fraction of sp³-hybridized carbons (Fsp3) is 0.370. The molecule has 8 heteroatoms. The lowest BCUT2D eigenvalue weighted by Crippen LogP contribution is -2.32. The van der Waals surface area contributed by atoms with Gasteiger partial charge >= 0.3 is 5.97 Å². The van der Waals surface area contributed by atoms with Crippen LogP contribution in [-0.4, -0.2) is 62.7 Å². The van der Waals surface area contributed by atoms with Crippen LogP contribution in [0.3, 0.4) is 0 Å². The molecule has 184 valence electrons. The number of pyridine rings is 1. The van der Waals surface area contributed by atoms with Crippen molar-refractivity contribution in [3.63, 3.8) is 0 Å². The number of aromatic carboxylic acids is 1. The summed E-state index contributed by atoms with van der Waals surface area (Å²) >= 11 is 5.82. The molecular formula is C27H33N5O2S. The number of aryl methyl sites for hydroxylation is 2. The Kier molecular flexibility index (Phi) is 7.23. The van der Waals surface area contributed by atoms with Crippen molar-refractivity contribution in [1.29, 1.82) is 0 Å². The number of carboxylic acid groups (broad SMARTS) is 1. The lowest BCUT2D eigenvalue weighted by molar-refractivity contribution is 0.0697. The maximum Gasteiger partial charge on any atom is 0.335 e. The van der Waals surface area contributed by atoms with Gasteiger partial charge in [0.15, 0.2) is 5.11 Å². The maximum absolute atomic E-state index is 11.7. The summed E-state index contributed by atoms with van der Waals surface area (Å²) in [5.74, 6) is -0.929. The van der Waals surface area contributed by atoms with Crippen molar-refractivity contribution in [1.82, 2.24) is 24.7 Å². The smallest absolute Gasteiger partial charge is 0.335 e. The summed E-state index contributed by atoms with van der Waals surface area (Å²) in [6.07, 6.45) is 2.80. The van der Waals surface area contributed by atoms with Gasteiger partial charge in [-0.25, -0.2) is 4.79 Å². The predicted octanol–water partition coefficient (Wildman–Crippen LogP) is 4.42. The molecule has 1 aromatic carbocycles. The topological polar surface area (TPSA) is 73.6 Å². The second kappa shape index (κ2) is 10.2. The Labute approximate surface area is 212 Å². The van der Waals surface area contributed by atoms with E-state index in [0.717, 1.165) is 58.5 Å². The highest BCUT2D eigenvalue weighted by Gasteiger charge is 2.41. The zero-order valence-electron chi connectivity index (χ0n) is 20.9. The fourth-order valence-electron chi connectivity index (χ4n) is 4.98. The van der Waals surface area contributed by atoms with Crippen LogP contribution in [0, 0.1) is 20.8 Å². The molecule has 0 radical (unpaired) electrons. The van der Waals surface area contributed by atoms with Crippen LogP contribution in [0.4, 0.5) is 0 Å². The van der Waals surface area contributed by atoms with E-state index in [1.54, 1.807) is 12.1 Å². The maximum atomic E-state index is 11.7. The minimum absolute atomic E-state index is 0.0255. The third-order valence-corrected chi connectivity index (χ3v) is 7.04. The number of carboxylic acids is 1. The Bertz CT molecular complexity index is 1240. The third kappa shape index (κ3) is 4.94. The summed E-state index contributed by atoms with van der Waals surface area (Å²) in [7, 11) is 4.16. The van der Waals surface area contributed by atoms with E-state index in [4.69, 9.17) is 12.2 Å². The van der Waals surface area contributed by atoms with Crippen LogP contribution in [0.1, 0.15) is 57.1 Å². The van der Waals surface area contributed by atoms with Crippen molar-refractivity contribution in [2.24, 2.45) is 0 Å². The van der Waals surface area contributed by atoms with Crippen molar-refractivity contribution in [3.05, 3.63) is 82.4 Å². The fourth-order valence-corrected chi connectivity index (χ4v) is 5.32. The quantitative estimate of drug-likeness (QED) is 0.452. The SMILES string of the molecule is Cc1ccc(C(=O)O)cc1-n1c(C)cc(C2C(c3ccccn3)NC(=S)N2CCCN(C)C)c1C. The van der Waals surface area contributed by atoms with Gasteiger partial charge in [0.1, 0.15) is 0 Å². The average molecular weight is 492 g/mol. The normalized spacial score (nSPS) is 17.8. The molecule has 0 aliphatic carbocycles. The molecule has 4 rings (SSSR count). The van der Waals surface area contributed by atoms with Crippen molar-refractivity contribution in [2.75, 3.05) is 27.2 Å². The van der Waals surface area contributed by atoms with E-state index < -0.39 is 5.97 Å². The van der Waals surface area contributed by atoms with Gasteiger partial charge in [-0.1, -0.05) is 12.1 Å². The first-order chi connectivity index (χ1) is 16.7. The average Bonchev–Trinajstić information content (AvgIpc) is 3.29. The second-order valence-electron chi connectivity index (χ2n) is 9.45. The Balaban J connectivity index is 1.81. The number of aromatic nitrogens is 2. The van der Waals surface area contributed by atoms with E-state index in [0.29, 0.717) is 0 Å². The standard InChI is InChI=1S/C27H33N5O2S/c1-17-10-11-20(26(33)34)16-23(17)32-18(2)15-21(19(32)3)25-24(22-9-6-7-12-28-22)29-27(35)31(25)14-8-13-30(4)5/h6-7,9-12,15-16,24-25H,8,13-14H2,1-5H3,(H,29,35)(H,33,34). The van der Waals surface area contributed by atoms with Crippen LogP contribution >= 0.6 is 12.2 Å². The molecule has 1 aliphatic heterocycles. The van der Waals surface area contributed by atoms with Crippen LogP contribution in [-0.2, 0) is 0 Å². The van der Waals surface area contributed by atoms with E-state index in [2.05, 4.69) is 58.7 Å². The van der Waals surface area contributed by atoms with Crippen molar-refractivity contribution in [2.45, 2.75) is 39.3 Å². The summed E-state index contributed by atoms with van der Waals surface area (Å²) < 4.78 is 2.16. The summed E-state index contributed by atoms with van der Waals surface area (Å²) in [5.41, 5.74) is 6.41. The first-order valence-electron chi connectivity index (χ1n) is 11.8. The Hall–Kier alpha value is -3.23. The number of nitrogens with zero attached hydrogens (tertiary/aromatic N) is 4. The van der Waals surface area contributed by atoms with Crippen LogP contribution in [0.15, 0.2) is 48.7 Å². The number of rotatable bonds is 8. The van der Waals surface area contributed by atoms with Crippen molar-refractivity contribution < 1.29 is 9.90 Å². The van der Waals surface area contributed by atoms with Gasteiger partial charge in [0, 0.05) is 29.8 Å². The van der Waals surface area contributed by atoms with Gasteiger partial charge in [0.2, 0.25) is 0 Å². The summed E-state index contributed by atoms with van der Waals surface area (Å²) in [6, 6.07) is 13.3. The van der Waals surface area contributed by atoms with Gasteiger partial charge in [-0.3, -0.25) is 4.98 Å². The lowest BCUT2D eigenvalue weighted by Gasteiger charge is -2.28. The predicted molar refractivity (Wildman–Crippen MR) is 142 cm³/mol. The largest absolute Gasteiger partial charge is 0.478 e. The van der Waals surface area contributed by atoms with Crippen LogP contribution in [0.2, 0.25) is 0 Å².